The predicted octanol–water partition coefficient (Wildman–Crippen LogP) is 2.03. The van der Waals surface area contributed by atoms with Crippen molar-refractivity contribution < 1.29 is 14.3 Å². The lowest BCUT2D eigenvalue weighted by atomic mass is 9.95. The van der Waals surface area contributed by atoms with Crippen LogP contribution in [0.15, 0.2) is 24.3 Å². The molecular formula is C16H20N2O3. The van der Waals surface area contributed by atoms with E-state index in [4.69, 9.17) is 4.74 Å². The molecule has 0 aliphatic carbocycles. The molecule has 3 rings (SSSR count). The minimum absolute atomic E-state index is 0.249. The molecule has 0 radical (unpaired) electrons. The van der Waals surface area contributed by atoms with Crippen molar-refractivity contribution in [2.45, 2.75) is 32.3 Å². The van der Waals surface area contributed by atoms with Crippen molar-refractivity contribution in [3.63, 3.8) is 0 Å². The van der Waals surface area contributed by atoms with E-state index in [1.807, 2.05) is 12.1 Å². The summed E-state index contributed by atoms with van der Waals surface area (Å²) in [6, 6.07) is 7.17. The first-order valence-corrected chi connectivity index (χ1v) is 7.39. The van der Waals surface area contributed by atoms with Crippen LogP contribution in [-0.2, 0) is 9.59 Å². The molecule has 1 aromatic carbocycles. The molecule has 21 heavy (non-hydrogen) atoms. The highest BCUT2D eigenvalue weighted by Gasteiger charge is 2.49. The van der Waals surface area contributed by atoms with E-state index in [0.29, 0.717) is 30.4 Å². The summed E-state index contributed by atoms with van der Waals surface area (Å²) in [5, 5.41) is 2.77. The molecule has 0 spiro atoms. The third-order valence-electron chi connectivity index (χ3n) is 4.36. The molecule has 5 nitrogen and oxygen atoms in total. The molecule has 2 aliphatic heterocycles. The maximum atomic E-state index is 12.7. The van der Waals surface area contributed by atoms with Crippen LogP contribution in [-0.4, -0.2) is 35.4 Å². The molecule has 1 aromatic rings. The zero-order valence-electron chi connectivity index (χ0n) is 12.4. The Bertz CT molecular complexity index is 579. The largest absolute Gasteiger partial charge is 0.466 e. The molecular weight excluding hydrogens is 268 g/mol. The average Bonchev–Trinajstić information content (AvgIpc) is 2.48. The van der Waals surface area contributed by atoms with Gasteiger partial charge in [-0.1, -0.05) is 19.1 Å². The predicted molar refractivity (Wildman–Crippen MR) is 79.1 cm³/mol. The quantitative estimate of drug-likeness (QED) is 0.804. The lowest BCUT2D eigenvalue weighted by Crippen LogP contribution is -2.60. The van der Waals surface area contributed by atoms with Crippen LogP contribution in [0.1, 0.15) is 26.7 Å². The van der Waals surface area contributed by atoms with Crippen LogP contribution >= 0.6 is 0 Å². The monoisotopic (exact) mass is 288 g/mol. The first kappa shape index (κ1) is 13.9. The summed E-state index contributed by atoms with van der Waals surface area (Å²) in [7, 11) is 0. The molecule has 1 atom stereocenters. The standard InChI is InChI=1S/C16H20N2O3/c1-11-7-9-18(10-8-11)15(20)16(2)14(19)17-12-5-3-4-6-13(12)21-16/h3-6,11H,7-10H2,1-2H3,(H,17,19). The third kappa shape index (κ3) is 2.37. The van der Waals surface area contributed by atoms with E-state index in [-0.39, 0.29) is 5.91 Å². The van der Waals surface area contributed by atoms with Gasteiger partial charge in [0.25, 0.3) is 17.4 Å². The summed E-state index contributed by atoms with van der Waals surface area (Å²) in [4.78, 5) is 26.8. The maximum absolute atomic E-state index is 12.7. The minimum Gasteiger partial charge on any atom is -0.466 e. The molecule has 2 aliphatic rings. The first-order valence-electron chi connectivity index (χ1n) is 7.39. The van der Waals surface area contributed by atoms with E-state index >= 15 is 0 Å². The van der Waals surface area contributed by atoms with Gasteiger partial charge in [-0.25, -0.2) is 0 Å². The Hall–Kier alpha value is -2.04. The highest BCUT2D eigenvalue weighted by molar-refractivity contribution is 6.15. The Balaban J connectivity index is 1.83. The van der Waals surface area contributed by atoms with Gasteiger partial charge in [0.2, 0.25) is 0 Å². The third-order valence-corrected chi connectivity index (χ3v) is 4.36. The minimum atomic E-state index is -1.48. The molecule has 1 saturated heterocycles. The van der Waals surface area contributed by atoms with Gasteiger partial charge in [-0.15, -0.1) is 0 Å². The SMILES string of the molecule is CC1CCN(C(=O)C2(C)Oc3ccccc3NC2=O)CC1. The lowest BCUT2D eigenvalue weighted by molar-refractivity contribution is -0.155. The van der Waals surface area contributed by atoms with E-state index < -0.39 is 11.5 Å². The zero-order valence-corrected chi connectivity index (χ0v) is 12.4. The number of piperidine rings is 1. The lowest BCUT2D eigenvalue weighted by Gasteiger charge is -2.39. The Morgan fingerprint density at radius 1 is 1.33 bits per heavy atom. The van der Waals surface area contributed by atoms with Crippen molar-refractivity contribution in [2.75, 3.05) is 18.4 Å². The van der Waals surface area contributed by atoms with Crippen LogP contribution in [0, 0.1) is 5.92 Å². The fourth-order valence-electron chi connectivity index (χ4n) is 2.82. The molecule has 2 amide bonds. The number of ether oxygens (including phenoxy) is 1. The maximum Gasteiger partial charge on any atom is 0.278 e. The van der Waals surface area contributed by atoms with Crippen LogP contribution in [0.4, 0.5) is 5.69 Å². The number of para-hydroxylation sites is 2. The van der Waals surface area contributed by atoms with Crippen LogP contribution in [0.5, 0.6) is 5.75 Å². The molecule has 1 fully saturated rings. The van der Waals surface area contributed by atoms with Crippen LogP contribution in [0.25, 0.3) is 0 Å². The number of nitrogens with zero attached hydrogens (tertiary/aromatic N) is 1. The number of amides is 2. The Morgan fingerprint density at radius 2 is 2.00 bits per heavy atom. The van der Waals surface area contributed by atoms with Gasteiger partial charge in [0.1, 0.15) is 5.75 Å². The highest BCUT2D eigenvalue weighted by atomic mass is 16.5. The molecule has 0 saturated carbocycles. The van der Waals surface area contributed by atoms with Gasteiger partial charge in [-0.2, -0.15) is 0 Å². The van der Waals surface area contributed by atoms with E-state index in [0.717, 1.165) is 12.8 Å². The number of likely N-dealkylation sites (tertiary alicyclic amines) is 1. The van der Waals surface area contributed by atoms with Crippen molar-refractivity contribution in [1.29, 1.82) is 0 Å². The summed E-state index contributed by atoms with van der Waals surface area (Å²) < 4.78 is 5.77. The molecule has 1 N–H and O–H groups in total. The molecule has 112 valence electrons. The fourth-order valence-corrected chi connectivity index (χ4v) is 2.82. The number of carbonyl (C=O) groups excluding carboxylic acids is 2. The second-order valence-electron chi connectivity index (χ2n) is 6.06. The van der Waals surface area contributed by atoms with Gasteiger partial charge in [0, 0.05) is 13.1 Å². The topological polar surface area (TPSA) is 58.6 Å². The molecule has 5 heteroatoms. The smallest absolute Gasteiger partial charge is 0.278 e. The van der Waals surface area contributed by atoms with Gasteiger partial charge < -0.3 is 15.0 Å². The van der Waals surface area contributed by atoms with Gasteiger partial charge in [0.15, 0.2) is 0 Å². The van der Waals surface area contributed by atoms with Gasteiger partial charge >= 0.3 is 0 Å². The van der Waals surface area contributed by atoms with Gasteiger partial charge in [0.05, 0.1) is 5.69 Å². The number of benzene rings is 1. The molecule has 0 bridgehead atoms. The van der Waals surface area contributed by atoms with Crippen LogP contribution < -0.4 is 10.1 Å². The summed E-state index contributed by atoms with van der Waals surface area (Å²) >= 11 is 0. The van der Waals surface area contributed by atoms with Crippen molar-refractivity contribution in [1.82, 2.24) is 4.90 Å². The summed E-state index contributed by atoms with van der Waals surface area (Å²) in [5.74, 6) is 0.522. The normalized spacial score (nSPS) is 25.8. The first-order chi connectivity index (χ1) is 10.0. The molecule has 1 unspecified atom stereocenters. The highest BCUT2D eigenvalue weighted by Crippen LogP contribution is 2.34. The Morgan fingerprint density at radius 3 is 2.71 bits per heavy atom. The number of fused-ring (bicyclic) bond motifs is 1. The van der Waals surface area contributed by atoms with Crippen LogP contribution in [0.2, 0.25) is 0 Å². The van der Waals surface area contributed by atoms with E-state index in [2.05, 4.69) is 12.2 Å². The second kappa shape index (κ2) is 5.06. The van der Waals surface area contributed by atoms with E-state index in [9.17, 15) is 9.59 Å². The number of hydrogen-bond donors (Lipinski definition) is 1. The van der Waals surface area contributed by atoms with Crippen molar-refractivity contribution in [3.05, 3.63) is 24.3 Å². The Kier molecular flexibility index (Phi) is 3.35. The van der Waals surface area contributed by atoms with E-state index in [1.54, 1.807) is 24.0 Å². The van der Waals surface area contributed by atoms with Gasteiger partial charge in [-0.3, -0.25) is 9.59 Å². The second-order valence-corrected chi connectivity index (χ2v) is 6.06. The Labute approximate surface area is 124 Å². The number of rotatable bonds is 1. The van der Waals surface area contributed by atoms with Crippen molar-refractivity contribution >= 4 is 17.5 Å². The number of nitrogens with one attached hydrogen (secondary N) is 1. The van der Waals surface area contributed by atoms with E-state index in [1.165, 1.54) is 0 Å². The van der Waals surface area contributed by atoms with Crippen molar-refractivity contribution in [3.8, 4) is 5.75 Å². The summed E-state index contributed by atoms with van der Waals surface area (Å²) in [5.41, 5.74) is -0.866. The molecule has 0 aromatic heterocycles. The van der Waals surface area contributed by atoms with Crippen LogP contribution in [0.3, 0.4) is 0 Å². The number of anilines is 1. The average molecular weight is 288 g/mol. The van der Waals surface area contributed by atoms with Gasteiger partial charge in [-0.05, 0) is 37.8 Å². The summed E-state index contributed by atoms with van der Waals surface area (Å²) in [6.07, 6.45) is 1.94. The molecule has 2 heterocycles. The number of carbonyl (C=O) groups is 2. The number of hydrogen-bond acceptors (Lipinski definition) is 3. The zero-order chi connectivity index (χ0) is 15.0. The van der Waals surface area contributed by atoms with Crippen molar-refractivity contribution in [2.24, 2.45) is 5.92 Å². The summed E-state index contributed by atoms with van der Waals surface area (Å²) in [6.45, 7) is 5.12. The fraction of sp³-hybridized carbons (Fsp3) is 0.500.